The number of carbonyl (C=O) groups excluding carboxylic acids is 1. The quantitative estimate of drug-likeness (QED) is 0.489. The first-order chi connectivity index (χ1) is 6.38. The van der Waals surface area contributed by atoms with Gasteiger partial charge in [0.05, 0.1) is 0 Å². The van der Waals surface area contributed by atoms with Gasteiger partial charge in [-0.3, -0.25) is 4.79 Å². The number of nitrogens with zero attached hydrogens (tertiary/aromatic N) is 2. The smallest absolute Gasteiger partial charge is 0.185 e. The molecule has 1 aromatic heterocycles. The van der Waals surface area contributed by atoms with Gasteiger partial charge in [-0.1, -0.05) is 0 Å². The van der Waals surface area contributed by atoms with Crippen molar-refractivity contribution in [2.45, 2.75) is 19.9 Å². The Kier molecular flexibility index (Phi) is 4.18. The Morgan fingerprint density at radius 3 is 3.23 bits per heavy atom. The topological polar surface area (TPSA) is 44.1 Å². The van der Waals surface area contributed by atoms with Gasteiger partial charge in [0.25, 0.3) is 0 Å². The molecule has 1 heterocycles. The fourth-order valence-corrected chi connectivity index (χ4v) is 1.11. The molecule has 72 valence electrons. The van der Waals surface area contributed by atoms with Gasteiger partial charge in [-0.15, -0.1) is 0 Å². The highest BCUT2D eigenvalue weighted by atomic mass is 16.5. The molecule has 0 aromatic carbocycles. The van der Waals surface area contributed by atoms with E-state index >= 15 is 0 Å². The second-order valence-electron chi connectivity index (χ2n) is 2.65. The maximum absolute atomic E-state index is 10.5. The summed E-state index contributed by atoms with van der Waals surface area (Å²) >= 11 is 0. The SMILES string of the molecule is CCOCCCn1ccnc1C=O. The molecule has 0 N–H and O–H groups in total. The van der Waals surface area contributed by atoms with Gasteiger partial charge < -0.3 is 9.30 Å². The highest BCUT2D eigenvalue weighted by molar-refractivity contribution is 5.69. The van der Waals surface area contributed by atoms with Gasteiger partial charge in [-0.25, -0.2) is 4.98 Å². The van der Waals surface area contributed by atoms with Crippen molar-refractivity contribution in [2.75, 3.05) is 13.2 Å². The molecule has 0 radical (unpaired) electrons. The molecule has 1 rings (SSSR count). The number of ether oxygens (including phenoxy) is 1. The lowest BCUT2D eigenvalue weighted by molar-refractivity contribution is 0.110. The van der Waals surface area contributed by atoms with Crippen LogP contribution in [0.3, 0.4) is 0 Å². The van der Waals surface area contributed by atoms with Crippen LogP contribution in [0.5, 0.6) is 0 Å². The lowest BCUT2D eigenvalue weighted by Gasteiger charge is -2.03. The van der Waals surface area contributed by atoms with Crippen LogP contribution in [0.15, 0.2) is 12.4 Å². The predicted octanol–water partition coefficient (Wildman–Crippen LogP) is 1.12. The van der Waals surface area contributed by atoms with Gasteiger partial charge in [-0.05, 0) is 13.3 Å². The highest BCUT2D eigenvalue weighted by Gasteiger charge is 1.99. The minimum Gasteiger partial charge on any atom is -0.382 e. The largest absolute Gasteiger partial charge is 0.382 e. The van der Waals surface area contributed by atoms with Crippen LogP contribution in [0, 0.1) is 0 Å². The molecule has 0 aliphatic rings. The summed E-state index contributed by atoms with van der Waals surface area (Å²) in [5, 5.41) is 0. The standard InChI is InChI=1S/C9H14N2O2/c1-2-13-7-3-5-11-6-4-10-9(11)8-12/h4,6,8H,2-3,5,7H2,1H3. The summed E-state index contributed by atoms with van der Waals surface area (Å²) in [6.45, 7) is 4.22. The Morgan fingerprint density at radius 2 is 2.54 bits per heavy atom. The molecule has 4 heteroatoms. The van der Waals surface area contributed by atoms with E-state index < -0.39 is 0 Å². The Balaban J connectivity index is 2.31. The van der Waals surface area contributed by atoms with Crippen LogP contribution >= 0.6 is 0 Å². The normalized spacial score (nSPS) is 10.2. The van der Waals surface area contributed by atoms with Crippen LogP contribution in [0.4, 0.5) is 0 Å². The predicted molar refractivity (Wildman–Crippen MR) is 48.7 cm³/mol. The number of aldehydes is 1. The summed E-state index contributed by atoms with van der Waals surface area (Å²) in [7, 11) is 0. The molecule has 13 heavy (non-hydrogen) atoms. The third-order valence-electron chi connectivity index (χ3n) is 1.74. The molecule has 4 nitrogen and oxygen atoms in total. The Labute approximate surface area is 77.5 Å². The Morgan fingerprint density at radius 1 is 1.69 bits per heavy atom. The molecule has 0 amide bonds. The summed E-state index contributed by atoms with van der Waals surface area (Å²) in [6, 6.07) is 0. The van der Waals surface area contributed by atoms with E-state index in [0.717, 1.165) is 32.5 Å². The monoisotopic (exact) mass is 182 g/mol. The van der Waals surface area contributed by atoms with E-state index in [1.807, 2.05) is 11.5 Å². The van der Waals surface area contributed by atoms with E-state index in [-0.39, 0.29) is 0 Å². The third kappa shape index (κ3) is 2.99. The van der Waals surface area contributed by atoms with Gasteiger partial charge in [-0.2, -0.15) is 0 Å². The molecule has 0 spiro atoms. The fourth-order valence-electron chi connectivity index (χ4n) is 1.11. The minimum atomic E-state index is 0.483. The highest BCUT2D eigenvalue weighted by Crippen LogP contribution is 1.96. The number of carbonyl (C=O) groups is 1. The number of rotatable bonds is 6. The average Bonchev–Trinajstić information content (AvgIpc) is 2.60. The van der Waals surface area contributed by atoms with Crippen molar-refractivity contribution in [2.24, 2.45) is 0 Å². The first-order valence-electron chi connectivity index (χ1n) is 4.42. The number of hydrogen-bond donors (Lipinski definition) is 0. The van der Waals surface area contributed by atoms with E-state index in [9.17, 15) is 4.79 Å². The Hall–Kier alpha value is -1.16. The van der Waals surface area contributed by atoms with Crippen molar-refractivity contribution < 1.29 is 9.53 Å². The van der Waals surface area contributed by atoms with Crippen LogP contribution in [-0.2, 0) is 11.3 Å². The maximum Gasteiger partial charge on any atom is 0.185 e. The van der Waals surface area contributed by atoms with Crippen molar-refractivity contribution in [3.8, 4) is 0 Å². The molecule has 0 atom stereocenters. The zero-order chi connectivity index (χ0) is 9.52. The van der Waals surface area contributed by atoms with E-state index in [0.29, 0.717) is 5.82 Å². The first kappa shape index (κ1) is 9.92. The zero-order valence-corrected chi connectivity index (χ0v) is 7.77. The average molecular weight is 182 g/mol. The summed E-state index contributed by atoms with van der Waals surface area (Å²) < 4.78 is 7.01. The van der Waals surface area contributed by atoms with E-state index in [4.69, 9.17) is 4.74 Å². The molecule has 0 aliphatic heterocycles. The molecular weight excluding hydrogens is 168 g/mol. The molecule has 0 fully saturated rings. The molecule has 0 aliphatic carbocycles. The molecule has 0 saturated heterocycles. The zero-order valence-electron chi connectivity index (χ0n) is 7.77. The van der Waals surface area contributed by atoms with Crippen molar-refractivity contribution in [3.63, 3.8) is 0 Å². The summed E-state index contributed by atoms with van der Waals surface area (Å²) in [5.74, 6) is 0.483. The number of hydrogen-bond acceptors (Lipinski definition) is 3. The van der Waals surface area contributed by atoms with Gasteiger partial charge in [0, 0.05) is 32.2 Å². The van der Waals surface area contributed by atoms with Crippen LogP contribution in [0.25, 0.3) is 0 Å². The first-order valence-corrected chi connectivity index (χ1v) is 4.42. The second kappa shape index (κ2) is 5.48. The van der Waals surface area contributed by atoms with Crippen molar-refractivity contribution in [1.29, 1.82) is 0 Å². The fraction of sp³-hybridized carbons (Fsp3) is 0.556. The summed E-state index contributed by atoms with van der Waals surface area (Å²) in [5.41, 5.74) is 0. The third-order valence-corrected chi connectivity index (χ3v) is 1.74. The van der Waals surface area contributed by atoms with Crippen molar-refractivity contribution >= 4 is 6.29 Å². The van der Waals surface area contributed by atoms with E-state index in [2.05, 4.69) is 4.98 Å². The summed E-state index contributed by atoms with van der Waals surface area (Å²) in [6.07, 6.45) is 5.10. The minimum absolute atomic E-state index is 0.483. The van der Waals surface area contributed by atoms with Gasteiger partial charge in [0.2, 0.25) is 0 Å². The van der Waals surface area contributed by atoms with Crippen molar-refractivity contribution in [3.05, 3.63) is 18.2 Å². The lowest BCUT2D eigenvalue weighted by atomic mass is 10.4. The second-order valence-corrected chi connectivity index (χ2v) is 2.65. The molecule has 1 aromatic rings. The van der Waals surface area contributed by atoms with E-state index in [1.165, 1.54) is 0 Å². The van der Waals surface area contributed by atoms with Gasteiger partial charge in [0.1, 0.15) is 0 Å². The van der Waals surface area contributed by atoms with Crippen LogP contribution in [0.2, 0.25) is 0 Å². The van der Waals surface area contributed by atoms with Crippen LogP contribution in [-0.4, -0.2) is 29.1 Å². The number of imidazole rings is 1. The van der Waals surface area contributed by atoms with Gasteiger partial charge >= 0.3 is 0 Å². The molecule has 0 saturated carbocycles. The van der Waals surface area contributed by atoms with Gasteiger partial charge in [0.15, 0.2) is 12.1 Å². The number of aryl methyl sites for hydroxylation is 1. The molecule has 0 unspecified atom stereocenters. The maximum atomic E-state index is 10.5. The van der Waals surface area contributed by atoms with Crippen molar-refractivity contribution in [1.82, 2.24) is 9.55 Å². The van der Waals surface area contributed by atoms with Crippen LogP contribution < -0.4 is 0 Å². The lowest BCUT2D eigenvalue weighted by Crippen LogP contribution is -2.05. The summed E-state index contributed by atoms with van der Waals surface area (Å²) in [4.78, 5) is 14.4. The molecule has 0 bridgehead atoms. The number of aromatic nitrogens is 2. The van der Waals surface area contributed by atoms with Crippen LogP contribution in [0.1, 0.15) is 24.0 Å². The van der Waals surface area contributed by atoms with E-state index in [1.54, 1.807) is 12.4 Å². The molecular formula is C9H14N2O2. The Bertz CT molecular complexity index is 258.